The summed E-state index contributed by atoms with van der Waals surface area (Å²) in [6.07, 6.45) is 0.796. The zero-order valence-electron chi connectivity index (χ0n) is 23.1. The first-order valence-corrected chi connectivity index (χ1v) is 15.7. The van der Waals surface area contributed by atoms with Crippen molar-refractivity contribution < 1.29 is 19.1 Å². The summed E-state index contributed by atoms with van der Waals surface area (Å²) < 4.78 is 18.0. The van der Waals surface area contributed by atoms with Crippen LogP contribution in [0.5, 0.6) is 11.8 Å². The van der Waals surface area contributed by atoms with Gasteiger partial charge in [-0.1, -0.05) is 60.7 Å². The van der Waals surface area contributed by atoms with E-state index in [1.165, 1.54) is 11.9 Å². The fourth-order valence-electron chi connectivity index (χ4n) is 3.51. The summed E-state index contributed by atoms with van der Waals surface area (Å²) in [4.78, 5) is 22.1. The molecule has 2 amide bonds. The normalized spacial score (nSPS) is 12.4. The van der Waals surface area contributed by atoms with Gasteiger partial charge in [0, 0.05) is 39.0 Å². The number of hydrogen-bond acceptors (Lipinski definition) is 6. The Kier molecular flexibility index (Phi) is 13.3. The van der Waals surface area contributed by atoms with E-state index in [1.807, 2.05) is 83.0 Å². The van der Waals surface area contributed by atoms with Crippen molar-refractivity contribution in [1.29, 1.82) is 0 Å². The molecule has 41 heavy (non-hydrogen) atoms. The van der Waals surface area contributed by atoms with Gasteiger partial charge in [-0.2, -0.15) is 0 Å². The quantitative estimate of drug-likeness (QED) is 0.143. The zero-order chi connectivity index (χ0) is 29.8. The van der Waals surface area contributed by atoms with Crippen LogP contribution < -0.4 is 9.47 Å². The lowest BCUT2D eigenvalue weighted by molar-refractivity contribution is -0.136. The van der Waals surface area contributed by atoms with Crippen molar-refractivity contribution in [2.45, 2.75) is 53.0 Å². The maximum absolute atomic E-state index is 10.5. The third kappa shape index (κ3) is 9.96. The van der Waals surface area contributed by atoms with Crippen molar-refractivity contribution in [2.75, 3.05) is 7.05 Å². The summed E-state index contributed by atoms with van der Waals surface area (Å²) in [5.41, 5.74) is 2.29. The van der Waals surface area contributed by atoms with Crippen LogP contribution in [0.25, 0.3) is 0 Å². The van der Waals surface area contributed by atoms with E-state index in [9.17, 15) is 9.59 Å². The Morgan fingerprint density at radius 3 is 1.73 bits per heavy atom. The van der Waals surface area contributed by atoms with Crippen LogP contribution in [0.4, 0.5) is 0 Å². The van der Waals surface area contributed by atoms with Crippen LogP contribution in [0.1, 0.15) is 37.8 Å². The second kappa shape index (κ2) is 16.7. The maximum Gasteiger partial charge on any atom is 0.247 e. The molecule has 12 heteroatoms. The standard InChI is InChI=1S/C12H12BrIN2O.C12H13BrN2O.C5H7NO2/c1-2-16-11(13)10(14)12(15-16)17-8-9-6-4-3-5-7-9;1-2-15-11(13)8-12(14-15)16-9-10-6-4-3-5-7-10;1-6-4(7)2-3-5(6)8/h3-7H,2,8H2,1H3;3-8H,2,9H2,1H3;2-3H2,1H3. The number of nitrogens with zero attached hydrogens (tertiary/aromatic N) is 5. The summed E-state index contributed by atoms with van der Waals surface area (Å²) in [6.45, 7) is 6.84. The van der Waals surface area contributed by atoms with Crippen molar-refractivity contribution in [3.05, 3.63) is 90.6 Å². The Balaban J connectivity index is 0.000000180. The van der Waals surface area contributed by atoms with E-state index < -0.39 is 0 Å². The molecular formula is C29H32Br2IN5O4. The SMILES string of the molecule is CCn1nc(OCc2ccccc2)c(I)c1Br.CCn1nc(OCc2ccccc2)cc1Br.CN1C(=O)CCC1=O. The van der Waals surface area contributed by atoms with Gasteiger partial charge in [0.25, 0.3) is 0 Å². The lowest BCUT2D eigenvalue weighted by Crippen LogP contribution is -2.23. The number of aryl methyl sites for hydroxylation is 2. The van der Waals surface area contributed by atoms with Crippen molar-refractivity contribution in [1.82, 2.24) is 24.5 Å². The molecule has 218 valence electrons. The highest BCUT2D eigenvalue weighted by Crippen LogP contribution is 2.28. The summed E-state index contributed by atoms with van der Waals surface area (Å²) in [7, 11) is 1.51. The summed E-state index contributed by atoms with van der Waals surface area (Å²) in [6, 6.07) is 22.0. The largest absolute Gasteiger partial charge is 0.472 e. The van der Waals surface area contributed by atoms with Gasteiger partial charge in [-0.3, -0.25) is 23.9 Å². The number of aromatic nitrogens is 4. The van der Waals surface area contributed by atoms with Crippen LogP contribution in [0.3, 0.4) is 0 Å². The van der Waals surface area contributed by atoms with Crippen molar-refractivity contribution in [3.63, 3.8) is 0 Å². The van der Waals surface area contributed by atoms with E-state index in [2.05, 4.69) is 71.6 Å². The number of halogens is 3. The number of imide groups is 1. The molecule has 0 aliphatic carbocycles. The first kappa shape index (κ1) is 32.8. The number of carbonyl (C=O) groups excluding carboxylic acids is 2. The van der Waals surface area contributed by atoms with Gasteiger partial charge in [-0.15, -0.1) is 10.2 Å². The summed E-state index contributed by atoms with van der Waals surface area (Å²) in [5, 5.41) is 8.67. The predicted octanol–water partition coefficient (Wildman–Crippen LogP) is 6.86. The minimum atomic E-state index is -0.0602. The van der Waals surface area contributed by atoms with E-state index in [0.717, 1.165) is 37.0 Å². The van der Waals surface area contributed by atoms with Crippen LogP contribution in [0.2, 0.25) is 0 Å². The second-order valence-electron chi connectivity index (χ2n) is 8.74. The molecule has 1 aliphatic heterocycles. The number of benzene rings is 2. The molecule has 2 aromatic heterocycles. The van der Waals surface area contributed by atoms with Gasteiger partial charge in [0.05, 0.1) is 0 Å². The van der Waals surface area contributed by atoms with Crippen LogP contribution >= 0.6 is 54.5 Å². The van der Waals surface area contributed by atoms with Gasteiger partial charge in [0.2, 0.25) is 23.6 Å². The molecule has 0 spiro atoms. The smallest absolute Gasteiger partial charge is 0.247 e. The number of rotatable bonds is 8. The van der Waals surface area contributed by atoms with Crippen LogP contribution in [0, 0.1) is 3.57 Å². The number of carbonyl (C=O) groups is 2. The van der Waals surface area contributed by atoms with Gasteiger partial charge in [-0.25, -0.2) is 0 Å². The molecule has 0 bridgehead atoms. The van der Waals surface area contributed by atoms with Crippen LogP contribution in [-0.4, -0.2) is 43.3 Å². The summed E-state index contributed by atoms with van der Waals surface area (Å²) >= 11 is 9.16. The Bertz CT molecular complexity index is 1400. The van der Waals surface area contributed by atoms with Crippen molar-refractivity contribution >= 4 is 66.3 Å². The average Bonchev–Trinajstić information content (AvgIpc) is 3.62. The molecule has 2 aromatic carbocycles. The molecule has 4 aromatic rings. The monoisotopic (exact) mass is 799 g/mol. The third-order valence-electron chi connectivity index (χ3n) is 5.86. The third-order valence-corrected chi connectivity index (χ3v) is 9.02. The second-order valence-corrected chi connectivity index (χ2v) is 11.4. The van der Waals surface area contributed by atoms with Crippen LogP contribution in [0.15, 0.2) is 75.9 Å². The van der Waals surface area contributed by atoms with Crippen molar-refractivity contribution in [2.24, 2.45) is 0 Å². The highest BCUT2D eigenvalue weighted by Gasteiger charge is 2.24. The lowest BCUT2D eigenvalue weighted by Gasteiger charge is -2.02. The predicted molar refractivity (Wildman–Crippen MR) is 172 cm³/mol. The Morgan fingerprint density at radius 2 is 1.32 bits per heavy atom. The lowest BCUT2D eigenvalue weighted by atomic mass is 10.2. The van der Waals surface area contributed by atoms with Gasteiger partial charge in [0.1, 0.15) is 26.0 Å². The minimum Gasteiger partial charge on any atom is -0.472 e. The first-order chi connectivity index (χ1) is 19.7. The molecule has 1 saturated heterocycles. The van der Waals surface area contributed by atoms with E-state index in [4.69, 9.17) is 9.47 Å². The fourth-order valence-corrected chi connectivity index (χ4v) is 5.08. The number of ether oxygens (including phenoxy) is 2. The summed E-state index contributed by atoms with van der Waals surface area (Å²) in [5.74, 6) is 1.21. The molecule has 0 atom stereocenters. The minimum absolute atomic E-state index is 0.0602. The highest BCUT2D eigenvalue weighted by molar-refractivity contribution is 14.1. The van der Waals surface area contributed by atoms with Crippen molar-refractivity contribution in [3.8, 4) is 11.8 Å². The average molecular weight is 801 g/mol. The first-order valence-electron chi connectivity index (χ1n) is 13.0. The van der Waals surface area contributed by atoms with Gasteiger partial charge in [0.15, 0.2) is 0 Å². The van der Waals surface area contributed by atoms with Gasteiger partial charge in [-0.05, 0) is 79.4 Å². The number of amides is 2. The Hall–Kier alpha value is -2.71. The molecule has 5 rings (SSSR count). The van der Waals surface area contributed by atoms with E-state index in [1.54, 1.807) is 0 Å². The topological polar surface area (TPSA) is 91.5 Å². The number of likely N-dealkylation sites (tertiary alicyclic amines) is 1. The van der Waals surface area contributed by atoms with Gasteiger partial charge >= 0.3 is 0 Å². The molecular weight excluding hydrogens is 769 g/mol. The van der Waals surface area contributed by atoms with Crippen LogP contribution in [-0.2, 0) is 35.9 Å². The molecule has 0 unspecified atom stereocenters. The highest BCUT2D eigenvalue weighted by atomic mass is 127. The maximum atomic E-state index is 10.5. The fraction of sp³-hybridized carbons (Fsp3) is 0.310. The molecule has 1 fully saturated rings. The van der Waals surface area contributed by atoms with E-state index in [-0.39, 0.29) is 11.8 Å². The molecule has 0 radical (unpaired) electrons. The van der Waals surface area contributed by atoms with E-state index in [0.29, 0.717) is 37.8 Å². The molecule has 9 nitrogen and oxygen atoms in total. The zero-order valence-corrected chi connectivity index (χ0v) is 28.4. The Morgan fingerprint density at radius 1 is 0.805 bits per heavy atom. The van der Waals surface area contributed by atoms with E-state index >= 15 is 0 Å². The van der Waals surface area contributed by atoms with Gasteiger partial charge < -0.3 is 9.47 Å². The number of hydrogen-bond donors (Lipinski definition) is 0. The molecule has 0 N–H and O–H groups in total. The molecule has 1 aliphatic rings. The molecule has 3 heterocycles. The Labute approximate surface area is 270 Å². The molecule has 0 saturated carbocycles.